The fourth-order valence-electron chi connectivity index (χ4n) is 3.88. The van der Waals surface area contributed by atoms with Crippen LogP contribution in [-0.2, 0) is 0 Å². The van der Waals surface area contributed by atoms with Crippen LogP contribution >= 0.6 is 0 Å². The van der Waals surface area contributed by atoms with E-state index in [0.29, 0.717) is 18.0 Å². The average Bonchev–Trinajstić information content (AvgIpc) is 2.78. The van der Waals surface area contributed by atoms with E-state index in [1.807, 2.05) is 0 Å². The molecule has 7 nitrogen and oxygen atoms in total. The van der Waals surface area contributed by atoms with E-state index in [1.54, 1.807) is 24.3 Å². The molecular formula is C24H28N4O3. The van der Waals surface area contributed by atoms with Gasteiger partial charge in [-0.1, -0.05) is 30.3 Å². The van der Waals surface area contributed by atoms with E-state index in [9.17, 15) is 9.90 Å². The molecule has 0 spiro atoms. The van der Waals surface area contributed by atoms with Crippen molar-refractivity contribution in [2.75, 3.05) is 49.5 Å². The summed E-state index contributed by atoms with van der Waals surface area (Å²) in [6.45, 7) is 4.45. The number of amides is 2. The van der Waals surface area contributed by atoms with Gasteiger partial charge < -0.3 is 25.8 Å². The van der Waals surface area contributed by atoms with Crippen LogP contribution in [0.4, 0.5) is 16.2 Å². The second-order valence-corrected chi connectivity index (χ2v) is 7.80. The first kappa shape index (κ1) is 21.0. The third-order valence-electron chi connectivity index (χ3n) is 5.50. The van der Waals surface area contributed by atoms with Crippen LogP contribution < -0.4 is 20.7 Å². The maximum atomic E-state index is 10.9. The Morgan fingerprint density at radius 3 is 2.42 bits per heavy atom. The monoisotopic (exact) mass is 420 g/mol. The van der Waals surface area contributed by atoms with Crippen LogP contribution in [-0.4, -0.2) is 61.5 Å². The number of fused-ring (bicyclic) bond motifs is 1. The second-order valence-electron chi connectivity index (χ2n) is 7.80. The van der Waals surface area contributed by atoms with E-state index in [-0.39, 0.29) is 6.61 Å². The van der Waals surface area contributed by atoms with Gasteiger partial charge in [-0.25, -0.2) is 4.79 Å². The molecule has 0 aliphatic carbocycles. The van der Waals surface area contributed by atoms with Crippen molar-refractivity contribution in [3.8, 4) is 5.75 Å². The fraction of sp³-hybridized carbons (Fsp3) is 0.292. The second kappa shape index (κ2) is 9.68. The number of benzene rings is 3. The highest BCUT2D eigenvalue weighted by molar-refractivity contribution is 5.87. The molecule has 1 fully saturated rings. The Balaban J connectivity index is 1.22. The van der Waals surface area contributed by atoms with E-state index in [0.717, 1.165) is 26.2 Å². The van der Waals surface area contributed by atoms with E-state index >= 15 is 0 Å². The van der Waals surface area contributed by atoms with Crippen LogP contribution in [0, 0.1) is 0 Å². The minimum absolute atomic E-state index is 0.216. The number of carbonyl (C=O) groups excluding carboxylic acids is 1. The van der Waals surface area contributed by atoms with Crippen molar-refractivity contribution in [2.24, 2.45) is 5.73 Å². The zero-order valence-electron chi connectivity index (χ0n) is 17.4. The molecule has 1 atom stereocenters. The number of aliphatic hydroxyl groups excluding tert-OH is 1. The van der Waals surface area contributed by atoms with Crippen LogP contribution in [0.1, 0.15) is 0 Å². The number of aliphatic hydroxyl groups is 1. The molecule has 7 heteroatoms. The lowest BCUT2D eigenvalue weighted by Crippen LogP contribution is -2.49. The Morgan fingerprint density at radius 2 is 1.71 bits per heavy atom. The number of anilines is 2. The number of hydrogen-bond acceptors (Lipinski definition) is 5. The predicted molar refractivity (Wildman–Crippen MR) is 124 cm³/mol. The van der Waals surface area contributed by atoms with Gasteiger partial charge in [-0.3, -0.25) is 4.90 Å². The Labute approximate surface area is 182 Å². The zero-order chi connectivity index (χ0) is 21.6. The Hall–Kier alpha value is -3.29. The van der Waals surface area contributed by atoms with E-state index in [1.165, 1.54) is 16.5 Å². The smallest absolute Gasteiger partial charge is 0.316 e. The highest BCUT2D eigenvalue weighted by Crippen LogP contribution is 2.23. The van der Waals surface area contributed by atoms with Gasteiger partial charge in [0.05, 0.1) is 0 Å². The zero-order valence-corrected chi connectivity index (χ0v) is 17.4. The molecule has 1 aliphatic rings. The maximum absolute atomic E-state index is 10.9. The Morgan fingerprint density at radius 1 is 1.00 bits per heavy atom. The van der Waals surface area contributed by atoms with E-state index in [2.05, 4.69) is 57.6 Å². The number of ether oxygens (including phenoxy) is 1. The number of β-amino-alcohol motifs (C(OH)–C–C–N with tert-alkyl or cyclic N) is 1. The highest BCUT2D eigenvalue weighted by atomic mass is 16.5. The van der Waals surface area contributed by atoms with Crippen molar-refractivity contribution in [2.45, 2.75) is 6.10 Å². The average molecular weight is 421 g/mol. The SMILES string of the molecule is NC(=O)Nc1ccc(OC[C@@H](O)CN2CCN(c3ccc4ccccc4c3)CC2)cc1. The molecular weight excluding hydrogens is 392 g/mol. The summed E-state index contributed by atoms with van der Waals surface area (Å²) in [7, 11) is 0. The van der Waals surface area contributed by atoms with Crippen LogP contribution in [0.3, 0.4) is 0 Å². The van der Waals surface area contributed by atoms with Gasteiger partial charge in [-0.15, -0.1) is 0 Å². The lowest BCUT2D eigenvalue weighted by atomic mass is 10.1. The molecule has 162 valence electrons. The van der Waals surface area contributed by atoms with Gasteiger partial charge in [-0.05, 0) is 47.2 Å². The van der Waals surface area contributed by atoms with Gasteiger partial charge in [0.1, 0.15) is 18.5 Å². The topological polar surface area (TPSA) is 91.1 Å². The van der Waals surface area contributed by atoms with Gasteiger partial charge in [-0.2, -0.15) is 0 Å². The number of carbonyl (C=O) groups is 1. The molecule has 3 aromatic rings. The van der Waals surface area contributed by atoms with Crippen molar-refractivity contribution in [1.29, 1.82) is 0 Å². The normalized spacial score (nSPS) is 15.6. The van der Waals surface area contributed by atoms with Gasteiger partial charge in [0, 0.05) is 44.1 Å². The number of rotatable bonds is 7. The molecule has 4 rings (SSSR count). The Bertz CT molecular complexity index is 1020. The standard InChI is InChI=1S/C24H28N4O3/c25-24(30)26-20-6-9-23(10-7-20)31-17-22(29)16-27-11-13-28(14-12-27)21-8-5-18-3-1-2-4-19(18)15-21/h1-10,15,22,29H,11-14,16-17H2,(H3,25,26,30)/t22-/m0/s1. The van der Waals surface area contributed by atoms with Crippen LogP contribution in [0.5, 0.6) is 5.75 Å². The third kappa shape index (κ3) is 5.65. The molecule has 0 aromatic heterocycles. The number of urea groups is 1. The first-order valence-electron chi connectivity index (χ1n) is 10.5. The molecule has 0 radical (unpaired) electrons. The summed E-state index contributed by atoms with van der Waals surface area (Å²) >= 11 is 0. The first-order chi connectivity index (χ1) is 15.1. The number of primary amides is 1. The molecule has 2 amide bonds. The molecule has 1 saturated heterocycles. The molecule has 31 heavy (non-hydrogen) atoms. The van der Waals surface area contributed by atoms with Crippen molar-refractivity contribution in [3.63, 3.8) is 0 Å². The summed E-state index contributed by atoms with van der Waals surface area (Å²) in [6.07, 6.45) is -0.573. The van der Waals surface area contributed by atoms with Crippen LogP contribution in [0.25, 0.3) is 10.8 Å². The van der Waals surface area contributed by atoms with Gasteiger partial charge in [0.25, 0.3) is 0 Å². The summed E-state index contributed by atoms with van der Waals surface area (Å²) in [4.78, 5) is 15.5. The molecule has 4 N–H and O–H groups in total. The number of hydrogen-bond donors (Lipinski definition) is 3. The van der Waals surface area contributed by atoms with Gasteiger partial charge in [0.15, 0.2) is 0 Å². The van der Waals surface area contributed by atoms with Crippen molar-refractivity contribution >= 4 is 28.2 Å². The number of nitrogens with zero attached hydrogens (tertiary/aromatic N) is 2. The minimum atomic E-state index is -0.607. The molecule has 1 heterocycles. The van der Waals surface area contributed by atoms with Crippen LogP contribution in [0.2, 0.25) is 0 Å². The summed E-state index contributed by atoms with van der Waals surface area (Å²) in [5.74, 6) is 0.634. The molecule has 3 aromatic carbocycles. The first-order valence-corrected chi connectivity index (χ1v) is 10.5. The van der Waals surface area contributed by atoms with Crippen molar-refractivity contribution < 1.29 is 14.6 Å². The molecule has 1 aliphatic heterocycles. The lowest BCUT2D eigenvalue weighted by molar-refractivity contribution is 0.0663. The summed E-state index contributed by atoms with van der Waals surface area (Å²) in [5, 5.41) is 15.4. The number of nitrogens with two attached hydrogens (primary N) is 1. The van der Waals surface area contributed by atoms with Crippen LogP contribution in [0.15, 0.2) is 66.7 Å². The van der Waals surface area contributed by atoms with Gasteiger partial charge in [0.2, 0.25) is 0 Å². The summed E-state index contributed by atoms with van der Waals surface area (Å²) in [5.41, 5.74) is 6.94. The molecule has 0 bridgehead atoms. The minimum Gasteiger partial charge on any atom is -0.491 e. The number of nitrogens with one attached hydrogen (secondary N) is 1. The predicted octanol–water partition coefficient (Wildman–Crippen LogP) is 2.89. The lowest BCUT2D eigenvalue weighted by Gasteiger charge is -2.37. The fourth-order valence-corrected chi connectivity index (χ4v) is 3.88. The quantitative estimate of drug-likeness (QED) is 0.547. The highest BCUT2D eigenvalue weighted by Gasteiger charge is 2.20. The molecule has 0 unspecified atom stereocenters. The summed E-state index contributed by atoms with van der Waals surface area (Å²) in [6, 6.07) is 21.3. The van der Waals surface area contributed by atoms with Crippen molar-refractivity contribution in [3.05, 3.63) is 66.7 Å². The van der Waals surface area contributed by atoms with Gasteiger partial charge >= 0.3 is 6.03 Å². The maximum Gasteiger partial charge on any atom is 0.316 e. The van der Waals surface area contributed by atoms with Crippen molar-refractivity contribution in [1.82, 2.24) is 4.90 Å². The van der Waals surface area contributed by atoms with E-state index < -0.39 is 12.1 Å². The number of piperazine rings is 1. The third-order valence-corrected chi connectivity index (χ3v) is 5.50. The van der Waals surface area contributed by atoms with E-state index in [4.69, 9.17) is 10.5 Å². The summed E-state index contributed by atoms with van der Waals surface area (Å²) < 4.78 is 5.67. The Kier molecular flexibility index (Phi) is 6.54. The molecule has 0 saturated carbocycles. The largest absolute Gasteiger partial charge is 0.491 e.